The molecule has 3 rings (SSSR count). The fraction of sp³-hybridized carbons (Fsp3) is 0.105. The molecular weight excluding hydrogens is 316 g/mol. The van der Waals surface area contributed by atoms with Gasteiger partial charge < -0.3 is 15.0 Å². The minimum atomic E-state index is -0.389. The highest BCUT2D eigenvalue weighted by molar-refractivity contribution is 6.08. The van der Waals surface area contributed by atoms with E-state index < -0.39 is 0 Å². The summed E-state index contributed by atoms with van der Waals surface area (Å²) in [7, 11) is 0. The van der Waals surface area contributed by atoms with Crippen LogP contribution in [0.15, 0.2) is 48.7 Å². The number of amides is 2. The van der Waals surface area contributed by atoms with Gasteiger partial charge in [0.1, 0.15) is 11.3 Å². The first-order valence-electron chi connectivity index (χ1n) is 7.67. The predicted molar refractivity (Wildman–Crippen MR) is 95.5 cm³/mol. The highest BCUT2D eigenvalue weighted by atomic mass is 16.2. The van der Waals surface area contributed by atoms with Gasteiger partial charge in [-0.15, -0.1) is 6.42 Å². The molecule has 0 bridgehead atoms. The normalized spacial score (nSPS) is 10.2. The standard InChI is InChI=1S/C19H16N4O2/c1-3-11-20-18(24)14-8-4-5-9-15(14)22-19(25)16-12-23-13(2)7-6-10-17(23)21-16/h1,4-10,12H,11H2,2H3,(H,20,24)(H,22,25). The third kappa shape index (κ3) is 3.35. The minimum absolute atomic E-state index is 0.118. The highest BCUT2D eigenvalue weighted by Crippen LogP contribution is 2.17. The third-order valence-corrected chi connectivity index (χ3v) is 3.70. The summed E-state index contributed by atoms with van der Waals surface area (Å²) in [5.41, 5.74) is 2.67. The molecule has 2 heterocycles. The number of nitrogens with zero attached hydrogens (tertiary/aromatic N) is 2. The molecule has 2 N–H and O–H groups in total. The van der Waals surface area contributed by atoms with Crippen LogP contribution in [-0.4, -0.2) is 27.7 Å². The van der Waals surface area contributed by atoms with Crippen LogP contribution in [0.1, 0.15) is 26.5 Å². The summed E-state index contributed by atoms with van der Waals surface area (Å²) in [6.45, 7) is 2.05. The first-order valence-corrected chi connectivity index (χ1v) is 7.67. The summed E-state index contributed by atoms with van der Waals surface area (Å²) in [5.74, 6) is 1.61. The maximum atomic E-state index is 12.5. The quantitative estimate of drug-likeness (QED) is 0.720. The van der Waals surface area contributed by atoms with Crippen molar-refractivity contribution in [2.45, 2.75) is 6.92 Å². The first-order chi connectivity index (χ1) is 12.1. The number of hydrogen-bond donors (Lipinski definition) is 2. The van der Waals surface area contributed by atoms with Crippen LogP contribution in [0.2, 0.25) is 0 Å². The number of hydrogen-bond acceptors (Lipinski definition) is 3. The van der Waals surface area contributed by atoms with Crippen molar-refractivity contribution in [3.63, 3.8) is 0 Å². The molecule has 6 heteroatoms. The van der Waals surface area contributed by atoms with E-state index >= 15 is 0 Å². The van der Waals surface area contributed by atoms with Crippen LogP contribution in [0.3, 0.4) is 0 Å². The Hall–Kier alpha value is -3.59. The Morgan fingerprint density at radius 2 is 1.96 bits per heavy atom. The number of aromatic nitrogens is 2. The number of benzene rings is 1. The van der Waals surface area contributed by atoms with Gasteiger partial charge in [-0.25, -0.2) is 4.98 Å². The molecule has 0 fully saturated rings. The molecule has 0 saturated carbocycles. The molecule has 0 aliphatic carbocycles. The highest BCUT2D eigenvalue weighted by Gasteiger charge is 2.16. The average Bonchev–Trinajstić information content (AvgIpc) is 3.06. The Kier molecular flexibility index (Phi) is 4.48. The minimum Gasteiger partial charge on any atom is -0.341 e. The Labute approximate surface area is 144 Å². The van der Waals surface area contributed by atoms with E-state index in [0.29, 0.717) is 16.9 Å². The van der Waals surface area contributed by atoms with E-state index in [0.717, 1.165) is 5.69 Å². The maximum absolute atomic E-state index is 12.5. The average molecular weight is 332 g/mol. The monoisotopic (exact) mass is 332 g/mol. The van der Waals surface area contributed by atoms with Crippen LogP contribution >= 0.6 is 0 Å². The van der Waals surface area contributed by atoms with Crippen LogP contribution in [-0.2, 0) is 0 Å². The number of carbonyl (C=O) groups excluding carboxylic acids is 2. The van der Waals surface area contributed by atoms with Crippen LogP contribution in [0.4, 0.5) is 5.69 Å². The van der Waals surface area contributed by atoms with Crippen molar-refractivity contribution in [2.75, 3.05) is 11.9 Å². The van der Waals surface area contributed by atoms with Crippen molar-refractivity contribution >= 4 is 23.1 Å². The molecule has 0 aliphatic heterocycles. The van der Waals surface area contributed by atoms with E-state index in [-0.39, 0.29) is 24.1 Å². The smallest absolute Gasteiger partial charge is 0.275 e. The number of rotatable bonds is 4. The lowest BCUT2D eigenvalue weighted by Gasteiger charge is -2.09. The lowest BCUT2D eigenvalue weighted by atomic mass is 10.1. The first kappa shape index (κ1) is 16.3. The van der Waals surface area contributed by atoms with Gasteiger partial charge in [0.25, 0.3) is 11.8 Å². The number of aryl methyl sites for hydroxylation is 1. The van der Waals surface area contributed by atoms with Crippen LogP contribution in [0, 0.1) is 19.3 Å². The van der Waals surface area contributed by atoms with Crippen molar-refractivity contribution in [2.24, 2.45) is 0 Å². The van der Waals surface area contributed by atoms with Gasteiger partial charge in [-0.2, -0.15) is 0 Å². The second kappa shape index (κ2) is 6.89. The molecule has 124 valence electrons. The van der Waals surface area contributed by atoms with Crippen molar-refractivity contribution in [3.05, 3.63) is 65.6 Å². The predicted octanol–water partition coefficient (Wildman–Crippen LogP) is 2.26. The van der Waals surface area contributed by atoms with Gasteiger partial charge in [0.05, 0.1) is 17.8 Å². The number of fused-ring (bicyclic) bond motifs is 1. The van der Waals surface area contributed by atoms with Crippen molar-refractivity contribution in [1.29, 1.82) is 0 Å². The Morgan fingerprint density at radius 3 is 2.72 bits per heavy atom. The van der Waals surface area contributed by atoms with E-state index in [9.17, 15) is 9.59 Å². The Morgan fingerprint density at radius 1 is 1.16 bits per heavy atom. The molecule has 3 aromatic rings. The number of pyridine rings is 1. The molecule has 0 saturated heterocycles. The Balaban J connectivity index is 1.86. The molecule has 2 aromatic heterocycles. The zero-order chi connectivity index (χ0) is 17.8. The van der Waals surface area contributed by atoms with E-state index in [1.807, 2.05) is 29.5 Å². The molecule has 0 spiro atoms. The van der Waals surface area contributed by atoms with Gasteiger partial charge in [-0.05, 0) is 31.2 Å². The third-order valence-electron chi connectivity index (χ3n) is 3.70. The van der Waals surface area contributed by atoms with E-state index in [1.165, 1.54) is 0 Å². The number of anilines is 1. The molecule has 1 aromatic carbocycles. The van der Waals surface area contributed by atoms with Gasteiger partial charge in [0.2, 0.25) is 0 Å². The number of nitrogens with one attached hydrogen (secondary N) is 2. The molecule has 25 heavy (non-hydrogen) atoms. The summed E-state index contributed by atoms with van der Waals surface area (Å²) in [5, 5.41) is 5.32. The fourth-order valence-corrected chi connectivity index (χ4v) is 2.46. The van der Waals surface area contributed by atoms with Gasteiger partial charge in [-0.3, -0.25) is 9.59 Å². The summed E-state index contributed by atoms with van der Waals surface area (Å²) in [6, 6.07) is 12.4. The SMILES string of the molecule is C#CCNC(=O)c1ccccc1NC(=O)c1cn2c(C)cccc2n1. The number of terminal acetylenes is 1. The van der Waals surface area contributed by atoms with Crippen molar-refractivity contribution in [1.82, 2.24) is 14.7 Å². The molecule has 0 unspecified atom stereocenters. The molecule has 6 nitrogen and oxygen atoms in total. The lowest BCUT2D eigenvalue weighted by molar-refractivity contribution is 0.0959. The molecule has 2 amide bonds. The topological polar surface area (TPSA) is 75.5 Å². The van der Waals surface area contributed by atoms with Crippen molar-refractivity contribution in [3.8, 4) is 12.3 Å². The van der Waals surface area contributed by atoms with Crippen LogP contribution < -0.4 is 10.6 Å². The fourth-order valence-electron chi connectivity index (χ4n) is 2.46. The summed E-state index contributed by atoms with van der Waals surface area (Å²) < 4.78 is 1.83. The molecule has 0 atom stereocenters. The van der Waals surface area contributed by atoms with E-state index in [2.05, 4.69) is 21.5 Å². The molecule has 0 aliphatic rings. The lowest BCUT2D eigenvalue weighted by Crippen LogP contribution is -2.25. The second-order valence-electron chi connectivity index (χ2n) is 5.41. The van der Waals surface area contributed by atoms with Crippen LogP contribution in [0.25, 0.3) is 5.65 Å². The maximum Gasteiger partial charge on any atom is 0.275 e. The largest absolute Gasteiger partial charge is 0.341 e. The van der Waals surface area contributed by atoms with Crippen LogP contribution in [0.5, 0.6) is 0 Å². The zero-order valence-electron chi connectivity index (χ0n) is 13.6. The number of para-hydroxylation sites is 1. The summed E-state index contributed by atoms with van der Waals surface area (Å²) in [4.78, 5) is 29.0. The summed E-state index contributed by atoms with van der Waals surface area (Å²) in [6.07, 6.45) is 6.82. The molecular formula is C19H16N4O2. The van der Waals surface area contributed by atoms with Gasteiger partial charge >= 0.3 is 0 Å². The van der Waals surface area contributed by atoms with Crippen molar-refractivity contribution < 1.29 is 9.59 Å². The molecule has 0 radical (unpaired) electrons. The Bertz CT molecular complexity index is 998. The summed E-state index contributed by atoms with van der Waals surface area (Å²) >= 11 is 0. The zero-order valence-corrected chi connectivity index (χ0v) is 13.6. The second-order valence-corrected chi connectivity index (χ2v) is 5.41. The number of imidazole rings is 1. The number of carbonyl (C=O) groups is 2. The van der Waals surface area contributed by atoms with Gasteiger partial charge in [0, 0.05) is 11.9 Å². The van der Waals surface area contributed by atoms with E-state index in [1.54, 1.807) is 30.5 Å². The van der Waals surface area contributed by atoms with Gasteiger partial charge in [0.15, 0.2) is 0 Å². The van der Waals surface area contributed by atoms with Gasteiger partial charge in [-0.1, -0.05) is 24.1 Å². The van der Waals surface area contributed by atoms with E-state index in [4.69, 9.17) is 6.42 Å².